The van der Waals surface area contributed by atoms with Gasteiger partial charge in [0.1, 0.15) is 0 Å². The van der Waals surface area contributed by atoms with E-state index in [9.17, 15) is 0 Å². The van der Waals surface area contributed by atoms with E-state index < -0.39 is 0 Å². The molecule has 0 saturated heterocycles. The van der Waals surface area contributed by atoms with Gasteiger partial charge in [-0.3, -0.25) is 4.68 Å². The number of hydrogen-bond donors (Lipinski definition) is 1. The van der Waals surface area contributed by atoms with Gasteiger partial charge in [-0.05, 0) is 12.5 Å². The van der Waals surface area contributed by atoms with Crippen LogP contribution >= 0.6 is 0 Å². The molecule has 74 valence electrons. The predicted molar refractivity (Wildman–Crippen MR) is 54.5 cm³/mol. The second-order valence-corrected chi connectivity index (χ2v) is 3.61. The molecule has 0 radical (unpaired) electrons. The molecule has 1 heterocycles. The molecule has 3 nitrogen and oxygen atoms in total. The summed E-state index contributed by atoms with van der Waals surface area (Å²) in [6.07, 6.45) is 3.18. The van der Waals surface area contributed by atoms with E-state index in [-0.39, 0.29) is 0 Å². The number of aryl methyl sites for hydroxylation is 1. The van der Waals surface area contributed by atoms with Gasteiger partial charge in [0.2, 0.25) is 0 Å². The highest BCUT2D eigenvalue weighted by molar-refractivity contribution is 4.98. The van der Waals surface area contributed by atoms with E-state index in [0.717, 1.165) is 25.2 Å². The summed E-state index contributed by atoms with van der Waals surface area (Å²) in [4.78, 5) is 0. The average Bonchev–Trinajstić information content (AvgIpc) is 2.50. The van der Waals surface area contributed by atoms with Gasteiger partial charge < -0.3 is 5.32 Å². The van der Waals surface area contributed by atoms with Gasteiger partial charge in [0.25, 0.3) is 0 Å². The maximum atomic E-state index is 4.43. The molecule has 0 bridgehead atoms. The lowest BCUT2D eigenvalue weighted by molar-refractivity contribution is 0.555. The molecule has 1 aromatic heterocycles. The third-order valence-corrected chi connectivity index (χ3v) is 1.84. The summed E-state index contributed by atoms with van der Waals surface area (Å²) in [6.45, 7) is 8.33. The Balaban J connectivity index is 2.39. The first-order valence-corrected chi connectivity index (χ1v) is 4.98. The molecule has 1 N–H and O–H groups in total. The second kappa shape index (κ2) is 5.02. The zero-order valence-electron chi connectivity index (χ0n) is 8.75. The van der Waals surface area contributed by atoms with E-state index in [1.807, 2.05) is 10.9 Å². The van der Waals surface area contributed by atoms with Crippen LogP contribution in [-0.2, 0) is 13.1 Å². The molecular formula is C10H19N3. The smallest absolute Gasteiger partial charge is 0.0762 e. The summed E-state index contributed by atoms with van der Waals surface area (Å²) in [6, 6.07) is 2.60. The van der Waals surface area contributed by atoms with Crippen molar-refractivity contribution in [3.63, 3.8) is 0 Å². The lowest BCUT2D eigenvalue weighted by Gasteiger charge is -2.04. The Labute approximate surface area is 80.1 Å². The molecule has 0 amide bonds. The summed E-state index contributed by atoms with van der Waals surface area (Å²) in [5.41, 5.74) is 1.13. The molecule has 0 saturated carbocycles. The molecule has 0 aromatic carbocycles. The maximum absolute atomic E-state index is 4.43. The summed E-state index contributed by atoms with van der Waals surface area (Å²) >= 11 is 0. The van der Waals surface area contributed by atoms with Crippen molar-refractivity contribution >= 4 is 0 Å². The maximum Gasteiger partial charge on any atom is 0.0762 e. The van der Waals surface area contributed by atoms with Gasteiger partial charge in [0.15, 0.2) is 0 Å². The van der Waals surface area contributed by atoms with Gasteiger partial charge >= 0.3 is 0 Å². The van der Waals surface area contributed by atoms with Crippen molar-refractivity contribution in [3.8, 4) is 0 Å². The van der Waals surface area contributed by atoms with Crippen LogP contribution in [0.1, 0.15) is 32.9 Å². The molecule has 0 aliphatic heterocycles. The topological polar surface area (TPSA) is 29.9 Å². The van der Waals surface area contributed by atoms with Gasteiger partial charge in [-0.25, -0.2) is 0 Å². The highest BCUT2D eigenvalue weighted by Crippen LogP contribution is 1.97. The SMILES string of the molecule is CCCn1ccc(CNC(C)C)n1. The Bertz CT molecular complexity index is 240. The number of hydrogen-bond acceptors (Lipinski definition) is 2. The molecule has 0 spiro atoms. The van der Waals surface area contributed by atoms with E-state index in [2.05, 4.69) is 37.3 Å². The quantitative estimate of drug-likeness (QED) is 0.750. The van der Waals surface area contributed by atoms with Crippen LogP contribution in [0, 0.1) is 0 Å². The van der Waals surface area contributed by atoms with Crippen LogP contribution in [-0.4, -0.2) is 15.8 Å². The molecule has 1 aromatic rings. The van der Waals surface area contributed by atoms with E-state index in [4.69, 9.17) is 0 Å². The fourth-order valence-corrected chi connectivity index (χ4v) is 1.16. The fraction of sp³-hybridized carbons (Fsp3) is 0.700. The largest absolute Gasteiger partial charge is 0.309 e. The molecule has 0 unspecified atom stereocenters. The first-order chi connectivity index (χ1) is 6.22. The molecule has 0 aliphatic carbocycles. The minimum atomic E-state index is 0.524. The van der Waals surface area contributed by atoms with Crippen molar-refractivity contribution in [1.29, 1.82) is 0 Å². The number of nitrogens with one attached hydrogen (secondary N) is 1. The second-order valence-electron chi connectivity index (χ2n) is 3.61. The lowest BCUT2D eigenvalue weighted by Crippen LogP contribution is -2.22. The summed E-state index contributed by atoms with van der Waals surface area (Å²) in [5.74, 6) is 0. The van der Waals surface area contributed by atoms with Crippen LogP contribution < -0.4 is 5.32 Å². The Hall–Kier alpha value is -0.830. The van der Waals surface area contributed by atoms with E-state index in [1.165, 1.54) is 0 Å². The van der Waals surface area contributed by atoms with E-state index in [0.29, 0.717) is 6.04 Å². The summed E-state index contributed by atoms with van der Waals surface area (Å²) in [5, 5.41) is 7.77. The lowest BCUT2D eigenvalue weighted by atomic mass is 10.3. The Morgan fingerprint density at radius 2 is 2.31 bits per heavy atom. The fourth-order valence-electron chi connectivity index (χ4n) is 1.16. The van der Waals surface area contributed by atoms with Crippen molar-refractivity contribution in [2.45, 2.75) is 46.3 Å². The Kier molecular flexibility index (Phi) is 3.96. The van der Waals surface area contributed by atoms with Crippen molar-refractivity contribution in [2.24, 2.45) is 0 Å². The van der Waals surface area contributed by atoms with Crippen molar-refractivity contribution in [2.75, 3.05) is 0 Å². The van der Waals surface area contributed by atoms with Crippen molar-refractivity contribution < 1.29 is 0 Å². The predicted octanol–water partition coefficient (Wildman–Crippen LogP) is 1.79. The number of nitrogens with zero attached hydrogens (tertiary/aromatic N) is 2. The van der Waals surface area contributed by atoms with Gasteiger partial charge in [0.05, 0.1) is 5.69 Å². The Morgan fingerprint density at radius 1 is 1.54 bits per heavy atom. The van der Waals surface area contributed by atoms with Gasteiger partial charge in [0, 0.05) is 25.3 Å². The summed E-state index contributed by atoms with van der Waals surface area (Å²) < 4.78 is 2.00. The van der Waals surface area contributed by atoms with Gasteiger partial charge in [-0.2, -0.15) is 5.10 Å². The van der Waals surface area contributed by atoms with E-state index in [1.54, 1.807) is 0 Å². The number of aromatic nitrogens is 2. The molecular weight excluding hydrogens is 162 g/mol. The van der Waals surface area contributed by atoms with E-state index >= 15 is 0 Å². The molecule has 13 heavy (non-hydrogen) atoms. The molecule has 1 rings (SSSR count). The normalized spacial score (nSPS) is 11.1. The van der Waals surface area contributed by atoms with Crippen LogP contribution in [0.3, 0.4) is 0 Å². The molecule has 3 heteroatoms. The minimum absolute atomic E-state index is 0.524. The van der Waals surface area contributed by atoms with Gasteiger partial charge in [-0.15, -0.1) is 0 Å². The van der Waals surface area contributed by atoms with Crippen LogP contribution in [0.15, 0.2) is 12.3 Å². The minimum Gasteiger partial charge on any atom is -0.309 e. The highest BCUT2D eigenvalue weighted by Gasteiger charge is 1.98. The standard InChI is InChI=1S/C10H19N3/c1-4-6-13-7-5-10(12-13)8-11-9(2)3/h5,7,9,11H,4,6,8H2,1-3H3. The van der Waals surface area contributed by atoms with Gasteiger partial charge in [-0.1, -0.05) is 20.8 Å². The number of rotatable bonds is 5. The van der Waals surface area contributed by atoms with Crippen molar-refractivity contribution in [3.05, 3.63) is 18.0 Å². The third-order valence-electron chi connectivity index (χ3n) is 1.84. The first kappa shape index (κ1) is 10.3. The highest BCUT2D eigenvalue weighted by atomic mass is 15.3. The van der Waals surface area contributed by atoms with Crippen LogP contribution in [0.25, 0.3) is 0 Å². The third kappa shape index (κ3) is 3.59. The molecule has 0 aliphatic rings. The van der Waals surface area contributed by atoms with Crippen LogP contribution in [0.4, 0.5) is 0 Å². The zero-order chi connectivity index (χ0) is 9.68. The monoisotopic (exact) mass is 181 g/mol. The summed E-state index contributed by atoms with van der Waals surface area (Å²) in [7, 11) is 0. The molecule has 0 fully saturated rings. The van der Waals surface area contributed by atoms with Crippen molar-refractivity contribution in [1.82, 2.24) is 15.1 Å². The Morgan fingerprint density at radius 3 is 2.92 bits per heavy atom. The first-order valence-electron chi connectivity index (χ1n) is 4.98. The van der Waals surface area contributed by atoms with Crippen LogP contribution in [0.2, 0.25) is 0 Å². The van der Waals surface area contributed by atoms with Crippen LogP contribution in [0.5, 0.6) is 0 Å². The average molecular weight is 181 g/mol. The molecule has 0 atom stereocenters. The zero-order valence-corrected chi connectivity index (χ0v) is 8.75.